The van der Waals surface area contributed by atoms with E-state index in [1.165, 1.54) is 5.56 Å². The molecule has 2 rings (SSSR count). The number of hydrogen-bond donors (Lipinski definition) is 1. The van der Waals surface area contributed by atoms with Crippen LogP contribution in [0, 0.1) is 0 Å². The van der Waals surface area contributed by atoms with Gasteiger partial charge in [0.05, 0.1) is 5.69 Å². The molecule has 1 aromatic carbocycles. The third kappa shape index (κ3) is 1.72. The van der Waals surface area contributed by atoms with Crippen LogP contribution in [0.3, 0.4) is 0 Å². The second-order valence-corrected chi connectivity index (χ2v) is 7.02. The van der Waals surface area contributed by atoms with Crippen molar-refractivity contribution in [3.63, 3.8) is 0 Å². The summed E-state index contributed by atoms with van der Waals surface area (Å²) < 4.78 is 0. The van der Waals surface area contributed by atoms with Crippen LogP contribution in [0.25, 0.3) is 0 Å². The molecule has 4 heteroatoms. The number of aliphatic imine (C=N–C) groups is 1. The van der Waals surface area contributed by atoms with E-state index in [0.29, 0.717) is 5.17 Å². The molecular formula is C11H14N2S2. The molecule has 1 aromatic rings. The fourth-order valence-electron chi connectivity index (χ4n) is 1.66. The van der Waals surface area contributed by atoms with Gasteiger partial charge < -0.3 is 5.73 Å². The second kappa shape index (κ2) is 3.39. The van der Waals surface area contributed by atoms with Crippen molar-refractivity contribution in [3.8, 4) is 0 Å². The van der Waals surface area contributed by atoms with E-state index in [4.69, 9.17) is 16.9 Å². The highest BCUT2D eigenvalue weighted by atomic mass is 32.8. The van der Waals surface area contributed by atoms with Crippen LogP contribution in [0.4, 0.5) is 5.69 Å². The summed E-state index contributed by atoms with van der Waals surface area (Å²) in [6, 6.07) is 6.18. The Bertz CT molecular complexity index is 470. The van der Waals surface area contributed by atoms with Gasteiger partial charge in [0.15, 0.2) is 5.17 Å². The van der Waals surface area contributed by atoms with Crippen LogP contribution in [0.2, 0.25) is 0 Å². The van der Waals surface area contributed by atoms with Gasteiger partial charge in [-0.05, 0) is 37.7 Å². The zero-order valence-electron chi connectivity index (χ0n) is 9.07. The first-order valence-corrected chi connectivity index (χ1v) is 6.95. The van der Waals surface area contributed by atoms with Gasteiger partial charge in [0, 0.05) is 4.90 Å². The molecule has 0 saturated heterocycles. The lowest BCUT2D eigenvalue weighted by Gasteiger charge is -2.20. The van der Waals surface area contributed by atoms with Crippen LogP contribution >= 0.6 is 0 Å². The molecule has 0 aromatic heterocycles. The number of fused-ring (bicyclic) bond motifs is 1. The molecule has 0 radical (unpaired) electrons. The molecule has 0 saturated carbocycles. The van der Waals surface area contributed by atoms with Gasteiger partial charge in [-0.1, -0.05) is 32.9 Å². The highest BCUT2D eigenvalue weighted by molar-refractivity contribution is 8.37. The van der Waals surface area contributed by atoms with E-state index >= 15 is 0 Å². The predicted molar refractivity (Wildman–Crippen MR) is 69.4 cm³/mol. The number of hydrogen-bond acceptors (Lipinski definition) is 3. The summed E-state index contributed by atoms with van der Waals surface area (Å²) in [5.41, 5.74) is 8.11. The fourth-order valence-corrected chi connectivity index (χ4v) is 3.10. The van der Waals surface area contributed by atoms with Gasteiger partial charge in [-0.25, -0.2) is 4.99 Å². The van der Waals surface area contributed by atoms with Gasteiger partial charge in [-0.15, -0.1) is 0 Å². The molecule has 2 nitrogen and oxygen atoms in total. The highest BCUT2D eigenvalue weighted by Crippen LogP contribution is 2.39. The van der Waals surface area contributed by atoms with Crippen molar-refractivity contribution in [3.05, 3.63) is 23.8 Å². The lowest BCUT2D eigenvalue weighted by molar-refractivity contribution is 0.590. The number of benzene rings is 1. The highest BCUT2D eigenvalue weighted by Gasteiger charge is 2.25. The first kappa shape index (κ1) is 10.8. The summed E-state index contributed by atoms with van der Waals surface area (Å²) in [5, 5.41) is 0.580. The van der Waals surface area contributed by atoms with Crippen LogP contribution in [0.5, 0.6) is 0 Å². The maximum atomic E-state index is 5.80. The molecule has 1 heterocycles. The summed E-state index contributed by atoms with van der Waals surface area (Å²) in [5.74, 6) is 0. The molecule has 1 unspecified atom stereocenters. The van der Waals surface area contributed by atoms with E-state index < -0.39 is 9.45 Å². The molecule has 80 valence electrons. The number of rotatable bonds is 0. The van der Waals surface area contributed by atoms with E-state index in [0.717, 1.165) is 10.6 Å². The van der Waals surface area contributed by atoms with Crippen LogP contribution in [0.1, 0.15) is 26.3 Å². The first-order valence-electron chi connectivity index (χ1n) is 4.80. The minimum absolute atomic E-state index is 0.0823. The zero-order chi connectivity index (χ0) is 11.2. The number of nitrogens with zero attached hydrogens (tertiary/aromatic N) is 1. The standard InChI is InChI=1S/C11H14N2S2/c1-11(2,3)7-5-4-6-8-9(7)13-10(12)15(8)14/h4-6H,1-3H3,(H2,12,13). The van der Waals surface area contributed by atoms with E-state index in [1.54, 1.807) is 0 Å². The number of nitrogens with two attached hydrogens (primary N) is 1. The Morgan fingerprint density at radius 3 is 2.60 bits per heavy atom. The summed E-state index contributed by atoms with van der Waals surface area (Å²) in [7, 11) is -0.427. The Morgan fingerprint density at radius 2 is 2.00 bits per heavy atom. The first-order chi connectivity index (χ1) is 6.91. The topological polar surface area (TPSA) is 38.4 Å². The summed E-state index contributed by atoms with van der Waals surface area (Å²) in [6.45, 7) is 6.52. The van der Waals surface area contributed by atoms with Gasteiger partial charge >= 0.3 is 0 Å². The summed E-state index contributed by atoms with van der Waals surface area (Å²) >= 11 is 5.33. The second-order valence-electron chi connectivity index (χ2n) is 4.62. The molecule has 1 aliphatic rings. The molecule has 1 atom stereocenters. The predicted octanol–water partition coefficient (Wildman–Crippen LogP) is 2.38. The van der Waals surface area contributed by atoms with Crippen molar-refractivity contribution in [2.75, 3.05) is 0 Å². The average molecular weight is 238 g/mol. The number of para-hydroxylation sites is 1. The van der Waals surface area contributed by atoms with Gasteiger partial charge in [0.2, 0.25) is 0 Å². The lowest BCUT2D eigenvalue weighted by atomic mass is 9.86. The lowest BCUT2D eigenvalue weighted by Crippen LogP contribution is -2.12. The monoisotopic (exact) mass is 238 g/mol. The Balaban J connectivity index is 2.68. The molecular weight excluding hydrogens is 224 g/mol. The Kier molecular flexibility index (Phi) is 2.43. The number of amidine groups is 1. The molecule has 0 aliphatic carbocycles. The van der Waals surface area contributed by atoms with Crippen molar-refractivity contribution < 1.29 is 0 Å². The molecule has 15 heavy (non-hydrogen) atoms. The maximum Gasteiger partial charge on any atom is 0.168 e. The Morgan fingerprint density at radius 1 is 1.33 bits per heavy atom. The Hall–Kier alpha value is -0.740. The van der Waals surface area contributed by atoms with E-state index in [-0.39, 0.29) is 5.41 Å². The van der Waals surface area contributed by atoms with Crippen molar-refractivity contribution in [1.29, 1.82) is 0 Å². The molecule has 0 bridgehead atoms. The maximum absolute atomic E-state index is 5.80. The molecule has 2 N–H and O–H groups in total. The quantitative estimate of drug-likeness (QED) is 0.753. The smallest absolute Gasteiger partial charge is 0.168 e. The van der Waals surface area contributed by atoms with E-state index in [2.05, 4.69) is 31.8 Å². The zero-order valence-corrected chi connectivity index (χ0v) is 10.7. The van der Waals surface area contributed by atoms with Crippen LogP contribution in [-0.2, 0) is 26.1 Å². The third-order valence-electron chi connectivity index (χ3n) is 2.42. The Labute approximate surface area is 97.2 Å². The van der Waals surface area contributed by atoms with Crippen LogP contribution in [0.15, 0.2) is 28.1 Å². The summed E-state index contributed by atoms with van der Waals surface area (Å²) in [4.78, 5) is 5.51. The normalized spacial score (nSPS) is 19.9. The largest absolute Gasteiger partial charge is 0.378 e. The van der Waals surface area contributed by atoms with Crippen LogP contribution < -0.4 is 5.73 Å². The molecule has 0 fully saturated rings. The molecule has 0 amide bonds. The van der Waals surface area contributed by atoms with Crippen molar-refractivity contribution >= 4 is 31.5 Å². The van der Waals surface area contributed by atoms with Crippen molar-refractivity contribution in [2.24, 2.45) is 10.7 Å². The van der Waals surface area contributed by atoms with Crippen molar-refractivity contribution in [2.45, 2.75) is 31.1 Å². The van der Waals surface area contributed by atoms with E-state index in [9.17, 15) is 0 Å². The third-order valence-corrected chi connectivity index (χ3v) is 4.67. The van der Waals surface area contributed by atoms with Gasteiger partial charge in [-0.3, -0.25) is 0 Å². The molecule has 1 aliphatic heterocycles. The van der Waals surface area contributed by atoms with Gasteiger partial charge in [0.1, 0.15) is 0 Å². The van der Waals surface area contributed by atoms with Crippen LogP contribution in [-0.4, -0.2) is 5.17 Å². The molecule has 0 spiro atoms. The SMILES string of the molecule is CC(C)(C)c1cccc2c1N=C(N)S2=S. The van der Waals surface area contributed by atoms with Gasteiger partial charge in [0.25, 0.3) is 0 Å². The minimum atomic E-state index is -0.427. The summed E-state index contributed by atoms with van der Waals surface area (Å²) in [6.07, 6.45) is 0. The fraction of sp³-hybridized carbons (Fsp3) is 0.364. The van der Waals surface area contributed by atoms with E-state index in [1.807, 2.05) is 12.1 Å². The van der Waals surface area contributed by atoms with Gasteiger partial charge in [-0.2, -0.15) is 0 Å². The van der Waals surface area contributed by atoms with Crippen molar-refractivity contribution in [1.82, 2.24) is 0 Å². The minimum Gasteiger partial charge on any atom is -0.378 e. The average Bonchev–Trinajstić information content (AvgIpc) is 2.41.